The zero-order valence-electron chi connectivity index (χ0n) is 12.0. The molecule has 1 unspecified atom stereocenters. The number of hydrogen-bond donors (Lipinski definition) is 1. The van der Waals surface area contributed by atoms with E-state index in [9.17, 15) is 0 Å². The van der Waals surface area contributed by atoms with Gasteiger partial charge in [0.05, 0.1) is 12.7 Å². The first kappa shape index (κ1) is 14.7. The van der Waals surface area contributed by atoms with Gasteiger partial charge in [-0.1, -0.05) is 33.1 Å². The minimum absolute atomic E-state index is 0.454. The third kappa shape index (κ3) is 4.43. The van der Waals surface area contributed by atoms with Gasteiger partial charge in [-0.15, -0.1) is 0 Å². The van der Waals surface area contributed by atoms with E-state index < -0.39 is 0 Å². The van der Waals surface area contributed by atoms with Crippen LogP contribution in [0.15, 0.2) is 0 Å². The Morgan fingerprint density at radius 1 is 1.22 bits per heavy atom. The van der Waals surface area contributed by atoms with E-state index in [-0.39, 0.29) is 0 Å². The standard InChI is InChI=1S/C15H29NOS/c1-15(2)8-11-18-12-14(15)16-9-10-17-13-6-4-3-5-7-13/h13-14,16H,3-12H2,1-2H3. The largest absolute Gasteiger partial charge is 0.377 e. The molecule has 0 spiro atoms. The Kier molecular flexibility index (Phi) is 5.84. The van der Waals surface area contributed by atoms with Crippen molar-refractivity contribution >= 4 is 11.8 Å². The lowest BCUT2D eigenvalue weighted by molar-refractivity contribution is 0.0279. The monoisotopic (exact) mass is 271 g/mol. The highest BCUT2D eigenvalue weighted by Crippen LogP contribution is 2.33. The van der Waals surface area contributed by atoms with Crippen molar-refractivity contribution < 1.29 is 4.74 Å². The molecule has 0 radical (unpaired) electrons. The van der Waals surface area contributed by atoms with Gasteiger partial charge in [0, 0.05) is 18.3 Å². The fourth-order valence-electron chi connectivity index (χ4n) is 2.96. The molecular formula is C15H29NOS. The molecule has 1 aliphatic heterocycles. The lowest BCUT2D eigenvalue weighted by atomic mass is 9.82. The van der Waals surface area contributed by atoms with Crippen molar-refractivity contribution in [2.75, 3.05) is 24.7 Å². The van der Waals surface area contributed by atoms with E-state index in [4.69, 9.17) is 4.74 Å². The van der Waals surface area contributed by atoms with Crippen LogP contribution < -0.4 is 5.32 Å². The average molecular weight is 271 g/mol. The summed E-state index contributed by atoms with van der Waals surface area (Å²) >= 11 is 2.09. The van der Waals surface area contributed by atoms with E-state index in [1.54, 1.807) is 0 Å². The van der Waals surface area contributed by atoms with Gasteiger partial charge < -0.3 is 10.1 Å². The minimum Gasteiger partial charge on any atom is -0.377 e. The van der Waals surface area contributed by atoms with E-state index in [1.165, 1.54) is 50.0 Å². The summed E-state index contributed by atoms with van der Waals surface area (Å²) in [5.74, 6) is 2.58. The molecule has 0 amide bonds. The molecule has 1 saturated heterocycles. The molecule has 0 bridgehead atoms. The quantitative estimate of drug-likeness (QED) is 0.774. The highest BCUT2D eigenvalue weighted by atomic mass is 32.2. The molecule has 1 saturated carbocycles. The lowest BCUT2D eigenvalue weighted by Gasteiger charge is -2.39. The van der Waals surface area contributed by atoms with E-state index in [0.717, 1.165) is 13.2 Å². The van der Waals surface area contributed by atoms with Gasteiger partial charge in [0.1, 0.15) is 0 Å². The van der Waals surface area contributed by atoms with Gasteiger partial charge >= 0.3 is 0 Å². The molecular weight excluding hydrogens is 242 g/mol. The van der Waals surface area contributed by atoms with Crippen molar-refractivity contribution in [1.29, 1.82) is 0 Å². The lowest BCUT2D eigenvalue weighted by Crippen LogP contribution is -2.47. The fourth-order valence-corrected chi connectivity index (χ4v) is 4.60. The topological polar surface area (TPSA) is 21.3 Å². The Morgan fingerprint density at radius 2 is 2.00 bits per heavy atom. The normalized spacial score (nSPS) is 29.3. The predicted molar refractivity (Wildman–Crippen MR) is 80.3 cm³/mol. The molecule has 0 aromatic rings. The van der Waals surface area contributed by atoms with Crippen LogP contribution in [0.4, 0.5) is 0 Å². The summed E-state index contributed by atoms with van der Waals surface area (Å²) in [6, 6.07) is 0.659. The second-order valence-corrected chi connectivity index (χ2v) is 7.60. The van der Waals surface area contributed by atoms with Crippen LogP contribution >= 0.6 is 11.8 Å². The SMILES string of the molecule is CC1(C)CCSCC1NCCOC1CCCCC1. The van der Waals surface area contributed by atoms with Crippen LogP contribution in [0.3, 0.4) is 0 Å². The summed E-state index contributed by atoms with van der Waals surface area (Å²) in [5, 5.41) is 3.71. The van der Waals surface area contributed by atoms with Gasteiger partial charge in [-0.25, -0.2) is 0 Å². The van der Waals surface area contributed by atoms with Crippen LogP contribution in [0, 0.1) is 5.41 Å². The van der Waals surface area contributed by atoms with Crippen molar-refractivity contribution in [3.8, 4) is 0 Å². The highest BCUT2D eigenvalue weighted by molar-refractivity contribution is 7.99. The van der Waals surface area contributed by atoms with E-state index in [0.29, 0.717) is 17.6 Å². The summed E-state index contributed by atoms with van der Waals surface area (Å²) in [6.07, 6.45) is 8.59. The van der Waals surface area contributed by atoms with Crippen LogP contribution in [-0.4, -0.2) is 36.8 Å². The molecule has 1 N–H and O–H groups in total. The molecule has 0 aromatic heterocycles. The van der Waals surface area contributed by atoms with Crippen molar-refractivity contribution in [2.45, 2.75) is 64.5 Å². The van der Waals surface area contributed by atoms with Crippen molar-refractivity contribution in [3.63, 3.8) is 0 Å². The van der Waals surface area contributed by atoms with Crippen molar-refractivity contribution in [2.24, 2.45) is 5.41 Å². The van der Waals surface area contributed by atoms with Gasteiger partial charge in [0.25, 0.3) is 0 Å². The second-order valence-electron chi connectivity index (χ2n) is 6.45. The maximum Gasteiger partial charge on any atom is 0.0594 e. The molecule has 0 aromatic carbocycles. The van der Waals surface area contributed by atoms with Crippen LogP contribution in [0.5, 0.6) is 0 Å². The van der Waals surface area contributed by atoms with Gasteiger partial charge in [-0.2, -0.15) is 11.8 Å². The van der Waals surface area contributed by atoms with Gasteiger partial charge in [-0.05, 0) is 30.4 Å². The summed E-state index contributed by atoms with van der Waals surface area (Å²) in [6.45, 7) is 6.70. The molecule has 3 heteroatoms. The molecule has 2 nitrogen and oxygen atoms in total. The minimum atomic E-state index is 0.454. The number of thioether (sulfide) groups is 1. The number of hydrogen-bond acceptors (Lipinski definition) is 3. The molecule has 106 valence electrons. The Bertz CT molecular complexity index is 239. The zero-order valence-corrected chi connectivity index (χ0v) is 12.9. The fraction of sp³-hybridized carbons (Fsp3) is 1.00. The Balaban J connectivity index is 1.59. The van der Waals surface area contributed by atoms with E-state index >= 15 is 0 Å². The van der Waals surface area contributed by atoms with Crippen molar-refractivity contribution in [1.82, 2.24) is 5.32 Å². The smallest absolute Gasteiger partial charge is 0.0594 e. The summed E-state index contributed by atoms with van der Waals surface area (Å²) < 4.78 is 5.97. The third-order valence-corrected chi connectivity index (χ3v) is 5.58. The number of rotatable bonds is 5. The Morgan fingerprint density at radius 3 is 2.72 bits per heavy atom. The first-order chi connectivity index (χ1) is 8.68. The summed E-state index contributed by atoms with van der Waals surface area (Å²) in [5.41, 5.74) is 0.454. The van der Waals surface area contributed by atoms with E-state index in [1.807, 2.05) is 0 Å². The third-order valence-electron chi connectivity index (χ3n) is 4.52. The maximum atomic E-state index is 5.97. The van der Waals surface area contributed by atoms with Gasteiger partial charge in [-0.3, -0.25) is 0 Å². The van der Waals surface area contributed by atoms with Crippen molar-refractivity contribution in [3.05, 3.63) is 0 Å². The number of ether oxygens (including phenoxy) is 1. The Hall–Kier alpha value is 0.270. The predicted octanol–water partition coefficient (Wildman–Crippen LogP) is 3.46. The maximum absolute atomic E-state index is 5.97. The number of nitrogens with one attached hydrogen (secondary N) is 1. The van der Waals surface area contributed by atoms with E-state index in [2.05, 4.69) is 30.9 Å². The summed E-state index contributed by atoms with van der Waals surface area (Å²) in [7, 11) is 0. The molecule has 1 heterocycles. The van der Waals surface area contributed by atoms with Gasteiger partial charge in [0.2, 0.25) is 0 Å². The van der Waals surface area contributed by atoms with Crippen LogP contribution in [-0.2, 0) is 4.74 Å². The van der Waals surface area contributed by atoms with Crippen LogP contribution in [0.1, 0.15) is 52.4 Å². The second kappa shape index (κ2) is 7.16. The van der Waals surface area contributed by atoms with Crippen LogP contribution in [0.25, 0.3) is 0 Å². The van der Waals surface area contributed by atoms with Gasteiger partial charge in [0.15, 0.2) is 0 Å². The summed E-state index contributed by atoms with van der Waals surface area (Å²) in [4.78, 5) is 0. The molecule has 2 fully saturated rings. The van der Waals surface area contributed by atoms with Crippen LogP contribution in [0.2, 0.25) is 0 Å². The highest BCUT2D eigenvalue weighted by Gasteiger charge is 2.31. The first-order valence-corrected chi connectivity index (χ1v) is 8.77. The molecule has 2 rings (SSSR count). The molecule has 1 aliphatic carbocycles. The first-order valence-electron chi connectivity index (χ1n) is 7.61. The molecule has 2 aliphatic rings. The molecule has 18 heavy (non-hydrogen) atoms. The average Bonchev–Trinajstić information content (AvgIpc) is 2.37. The Labute approximate surface area is 117 Å². The zero-order chi connectivity index (χ0) is 12.8. The molecule has 1 atom stereocenters.